The number of anilines is 1. The van der Waals surface area contributed by atoms with Crippen LogP contribution in [0.25, 0.3) is 0 Å². The van der Waals surface area contributed by atoms with E-state index >= 15 is 0 Å². The van der Waals surface area contributed by atoms with Crippen LogP contribution in [0.2, 0.25) is 0 Å². The van der Waals surface area contributed by atoms with Gasteiger partial charge >= 0.3 is 0 Å². The zero-order valence-electron chi connectivity index (χ0n) is 12.8. The van der Waals surface area contributed by atoms with E-state index < -0.39 is 0 Å². The molecule has 1 atom stereocenters. The molecule has 2 rings (SSSR count). The van der Waals surface area contributed by atoms with E-state index in [4.69, 9.17) is 5.73 Å². The van der Waals surface area contributed by atoms with Crippen LogP contribution in [0.5, 0.6) is 0 Å². The molecule has 3 nitrogen and oxygen atoms in total. The van der Waals surface area contributed by atoms with Gasteiger partial charge in [0.25, 0.3) is 0 Å². The molecule has 1 aliphatic rings. The van der Waals surface area contributed by atoms with Gasteiger partial charge < -0.3 is 11.1 Å². The molecule has 4 heteroatoms. The summed E-state index contributed by atoms with van der Waals surface area (Å²) in [6, 6.07) is 8.13. The van der Waals surface area contributed by atoms with Gasteiger partial charge in [-0.3, -0.25) is 4.79 Å². The van der Waals surface area contributed by atoms with Crippen molar-refractivity contribution in [2.24, 2.45) is 0 Å². The van der Waals surface area contributed by atoms with Gasteiger partial charge in [-0.05, 0) is 43.5 Å². The summed E-state index contributed by atoms with van der Waals surface area (Å²) in [7, 11) is 0. The van der Waals surface area contributed by atoms with E-state index in [1.165, 1.54) is 25.7 Å². The Balaban J connectivity index is 1.89. The Labute approximate surface area is 132 Å². The average molecular weight is 306 g/mol. The van der Waals surface area contributed by atoms with Crippen LogP contribution < -0.4 is 11.1 Å². The number of rotatable bonds is 5. The third-order valence-corrected chi connectivity index (χ3v) is 5.40. The van der Waals surface area contributed by atoms with Gasteiger partial charge in [0.2, 0.25) is 5.91 Å². The first kappa shape index (κ1) is 16.2. The second-order valence-corrected chi connectivity index (χ2v) is 7.06. The Morgan fingerprint density at radius 2 is 1.86 bits per heavy atom. The molecule has 1 aromatic rings. The SMILES string of the molecule is CCC(Sc1ccc(N)cc1)C(=O)NC1CCCCCC1. The van der Waals surface area contributed by atoms with E-state index in [1.54, 1.807) is 11.8 Å². The highest BCUT2D eigenvalue weighted by atomic mass is 32.2. The molecule has 0 saturated heterocycles. The summed E-state index contributed by atoms with van der Waals surface area (Å²) in [6.45, 7) is 2.07. The molecule has 0 spiro atoms. The van der Waals surface area contributed by atoms with E-state index in [-0.39, 0.29) is 11.2 Å². The van der Waals surface area contributed by atoms with E-state index in [9.17, 15) is 4.79 Å². The fourth-order valence-electron chi connectivity index (χ4n) is 2.75. The average Bonchev–Trinajstić information content (AvgIpc) is 2.75. The van der Waals surface area contributed by atoms with E-state index in [0.717, 1.165) is 29.8 Å². The maximum absolute atomic E-state index is 12.5. The minimum atomic E-state index is -0.0168. The van der Waals surface area contributed by atoms with E-state index in [0.29, 0.717) is 6.04 Å². The molecule has 21 heavy (non-hydrogen) atoms. The first-order valence-electron chi connectivity index (χ1n) is 8.01. The van der Waals surface area contributed by atoms with E-state index in [2.05, 4.69) is 12.2 Å². The number of nitrogens with one attached hydrogen (secondary N) is 1. The molecule has 0 bridgehead atoms. The number of carbonyl (C=O) groups is 1. The molecule has 3 N–H and O–H groups in total. The number of nitrogens with two attached hydrogens (primary N) is 1. The Hall–Kier alpha value is -1.16. The molecule has 1 aromatic carbocycles. The summed E-state index contributed by atoms with van der Waals surface area (Å²) in [6.07, 6.45) is 8.21. The molecule has 116 valence electrons. The van der Waals surface area contributed by atoms with Crippen molar-refractivity contribution >= 4 is 23.4 Å². The lowest BCUT2D eigenvalue weighted by atomic mass is 10.1. The third kappa shape index (κ3) is 5.27. The Bertz CT molecular complexity index is 439. The molecule has 1 amide bonds. The van der Waals surface area contributed by atoms with Crippen LogP contribution in [0, 0.1) is 0 Å². The monoisotopic (exact) mass is 306 g/mol. The molecule has 0 aliphatic heterocycles. The van der Waals surface area contributed by atoms with Gasteiger partial charge in [-0.1, -0.05) is 32.6 Å². The second kappa shape index (κ2) is 8.32. The highest BCUT2D eigenvalue weighted by Gasteiger charge is 2.21. The van der Waals surface area contributed by atoms with Gasteiger partial charge in [-0.25, -0.2) is 0 Å². The number of carbonyl (C=O) groups excluding carboxylic acids is 1. The number of hydrogen-bond donors (Lipinski definition) is 2. The summed E-state index contributed by atoms with van der Waals surface area (Å²) in [5, 5.41) is 3.24. The maximum atomic E-state index is 12.5. The Morgan fingerprint density at radius 1 is 1.24 bits per heavy atom. The van der Waals surface area contributed by atoms with Crippen molar-refractivity contribution in [1.82, 2.24) is 5.32 Å². The van der Waals surface area contributed by atoms with Crippen LogP contribution in [-0.2, 0) is 4.79 Å². The quantitative estimate of drug-likeness (QED) is 0.491. The largest absolute Gasteiger partial charge is 0.399 e. The molecule has 0 radical (unpaired) electrons. The predicted octanol–water partition coefficient (Wildman–Crippen LogP) is 3.98. The maximum Gasteiger partial charge on any atom is 0.233 e. The van der Waals surface area contributed by atoms with Crippen molar-refractivity contribution in [2.45, 2.75) is 68.1 Å². The molecular formula is C17H26N2OS. The number of hydrogen-bond acceptors (Lipinski definition) is 3. The molecular weight excluding hydrogens is 280 g/mol. The lowest BCUT2D eigenvalue weighted by Crippen LogP contribution is -2.39. The minimum Gasteiger partial charge on any atom is -0.399 e. The van der Waals surface area contributed by atoms with Gasteiger partial charge in [0.1, 0.15) is 0 Å². The molecule has 1 unspecified atom stereocenters. The van der Waals surface area contributed by atoms with Crippen molar-refractivity contribution in [3.8, 4) is 0 Å². The predicted molar refractivity (Wildman–Crippen MR) is 90.4 cm³/mol. The first-order chi connectivity index (χ1) is 10.2. The number of benzene rings is 1. The first-order valence-corrected chi connectivity index (χ1v) is 8.89. The summed E-state index contributed by atoms with van der Waals surface area (Å²) in [5.74, 6) is 0.186. The Kier molecular flexibility index (Phi) is 6.43. The second-order valence-electron chi connectivity index (χ2n) is 5.78. The van der Waals surface area contributed by atoms with Crippen molar-refractivity contribution in [3.63, 3.8) is 0 Å². The zero-order valence-corrected chi connectivity index (χ0v) is 13.6. The fourth-order valence-corrected chi connectivity index (χ4v) is 3.71. The Morgan fingerprint density at radius 3 is 2.43 bits per heavy atom. The van der Waals surface area contributed by atoms with Crippen LogP contribution in [0.15, 0.2) is 29.2 Å². The van der Waals surface area contributed by atoms with Gasteiger partial charge in [0.15, 0.2) is 0 Å². The van der Waals surface area contributed by atoms with Crippen LogP contribution in [-0.4, -0.2) is 17.2 Å². The number of thioether (sulfide) groups is 1. The van der Waals surface area contributed by atoms with Crippen molar-refractivity contribution < 1.29 is 4.79 Å². The van der Waals surface area contributed by atoms with E-state index in [1.807, 2.05) is 24.3 Å². The highest BCUT2D eigenvalue weighted by Crippen LogP contribution is 2.27. The van der Waals surface area contributed by atoms with Gasteiger partial charge in [0, 0.05) is 16.6 Å². The topological polar surface area (TPSA) is 55.1 Å². The summed E-state index contributed by atoms with van der Waals surface area (Å²) in [5.41, 5.74) is 6.46. The van der Waals surface area contributed by atoms with Gasteiger partial charge in [-0.2, -0.15) is 0 Å². The number of amides is 1. The summed E-state index contributed by atoms with van der Waals surface area (Å²) < 4.78 is 0. The van der Waals surface area contributed by atoms with Gasteiger partial charge in [0.05, 0.1) is 5.25 Å². The molecule has 0 heterocycles. The highest BCUT2D eigenvalue weighted by molar-refractivity contribution is 8.00. The smallest absolute Gasteiger partial charge is 0.233 e. The normalized spacial score (nSPS) is 18.0. The zero-order chi connectivity index (χ0) is 15.1. The number of nitrogen functional groups attached to an aromatic ring is 1. The minimum absolute atomic E-state index is 0.0168. The lowest BCUT2D eigenvalue weighted by molar-refractivity contribution is -0.121. The standard InChI is InChI=1S/C17H26N2OS/c1-2-16(21-15-11-9-13(18)10-12-15)17(20)19-14-7-5-3-4-6-8-14/h9-12,14,16H,2-8,18H2,1H3,(H,19,20). The van der Waals surface area contributed by atoms with Crippen molar-refractivity contribution in [1.29, 1.82) is 0 Å². The van der Waals surface area contributed by atoms with Crippen LogP contribution in [0.4, 0.5) is 5.69 Å². The molecule has 1 saturated carbocycles. The lowest BCUT2D eigenvalue weighted by Gasteiger charge is -2.20. The van der Waals surface area contributed by atoms with Crippen LogP contribution >= 0.6 is 11.8 Å². The fraction of sp³-hybridized carbons (Fsp3) is 0.588. The molecule has 0 aromatic heterocycles. The summed E-state index contributed by atoms with van der Waals surface area (Å²) in [4.78, 5) is 13.6. The van der Waals surface area contributed by atoms with Crippen molar-refractivity contribution in [2.75, 3.05) is 5.73 Å². The van der Waals surface area contributed by atoms with Crippen molar-refractivity contribution in [3.05, 3.63) is 24.3 Å². The van der Waals surface area contributed by atoms with Gasteiger partial charge in [-0.15, -0.1) is 11.8 Å². The molecule has 1 fully saturated rings. The van der Waals surface area contributed by atoms with Crippen LogP contribution in [0.1, 0.15) is 51.9 Å². The third-order valence-electron chi connectivity index (χ3n) is 4.02. The summed E-state index contributed by atoms with van der Waals surface area (Å²) >= 11 is 1.63. The molecule has 1 aliphatic carbocycles. The van der Waals surface area contributed by atoms with Crippen LogP contribution in [0.3, 0.4) is 0 Å².